The quantitative estimate of drug-likeness (QED) is 0.821. The van der Waals surface area contributed by atoms with Crippen LogP contribution in [0, 0.1) is 5.41 Å². The van der Waals surface area contributed by atoms with Gasteiger partial charge in [-0.05, 0) is 44.1 Å². The molecule has 1 heterocycles. The summed E-state index contributed by atoms with van der Waals surface area (Å²) in [6, 6.07) is 0.404. The van der Waals surface area contributed by atoms with Gasteiger partial charge in [-0.15, -0.1) is 0 Å². The maximum atomic E-state index is 12.2. The third kappa shape index (κ3) is 5.07. The minimum atomic E-state index is 0.245. The molecule has 1 fully saturated rings. The summed E-state index contributed by atoms with van der Waals surface area (Å²) in [7, 11) is 0. The van der Waals surface area contributed by atoms with E-state index < -0.39 is 0 Å². The van der Waals surface area contributed by atoms with E-state index in [9.17, 15) is 4.79 Å². The van der Waals surface area contributed by atoms with Crippen molar-refractivity contribution in [2.75, 3.05) is 13.1 Å². The van der Waals surface area contributed by atoms with Crippen molar-refractivity contribution in [2.45, 2.75) is 65.3 Å². The van der Waals surface area contributed by atoms with E-state index in [2.05, 4.69) is 25.7 Å². The van der Waals surface area contributed by atoms with E-state index in [0.717, 1.165) is 32.2 Å². The van der Waals surface area contributed by atoms with Gasteiger partial charge in [-0.25, -0.2) is 0 Å². The lowest BCUT2D eigenvalue weighted by Gasteiger charge is -2.36. The summed E-state index contributed by atoms with van der Waals surface area (Å²) in [5.41, 5.74) is 5.87. The lowest BCUT2D eigenvalue weighted by Crippen LogP contribution is -2.44. The van der Waals surface area contributed by atoms with E-state index in [1.54, 1.807) is 0 Å². The SMILES string of the molecule is CC(C)(C)CCC(=O)N1CCCCC1CCN. The molecule has 1 saturated heterocycles. The van der Waals surface area contributed by atoms with E-state index in [1.165, 1.54) is 6.42 Å². The first-order chi connectivity index (χ1) is 7.94. The van der Waals surface area contributed by atoms with Crippen molar-refractivity contribution in [1.82, 2.24) is 4.90 Å². The second-order valence-electron chi connectivity index (χ2n) is 6.37. The van der Waals surface area contributed by atoms with Crippen LogP contribution in [-0.4, -0.2) is 29.9 Å². The lowest BCUT2D eigenvalue weighted by atomic mass is 9.89. The van der Waals surface area contributed by atoms with Crippen LogP contribution < -0.4 is 5.73 Å². The van der Waals surface area contributed by atoms with E-state index in [4.69, 9.17) is 5.73 Å². The summed E-state index contributed by atoms with van der Waals surface area (Å²) in [5, 5.41) is 0. The molecule has 0 aliphatic carbocycles. The molecule has 0 spiro atoms. The Labute approximate surface area is 106 Å². The van der Waals surface area contributed by atoms with E-state index in [-0.39, 0.29) is 5.41 Å². The van der Waals surface area contributed by atoms with Crippen LogP contribution in [0.5, 0.6) is 0 Å². The van der Waals surface area contributed by atoms with Gasteiger partial charge in [0.2, 0.25) is 5.91 Å². The van der Waals surface area contributed by atoms with E-state index in [0.29, 0.717) is 24.9 Å². The topological polar surface area (TPSA) is 46.3 Å². The van der Waals surface area contributed by atoms with Crippen molar-refractivity contribution < 1.29 is 4.79 Å². The van der Waals surface area contributed by atoms with Crippen molar-refractivity contribution in [3.8, 4) is 0 Å². The number of nitrogens with two attached hydrogens (primary N) is 1. The Bertz CT molecular complexity index is 243. The van der Waals surface area contributed by atoms with Gasteiger partial charge in [0.25, 0.3) is 0 Å². The average Bonchev–Trinajstić information content (AvgIpc) is 2.26. The molecule has 2 N–H and O–H groups in total. The maximum absolute atomic E-state index is 12.2. The Morgan fingerprint density at radius 1 is 1.35 bits per heavy atom. The molecule has 1 atom stereocenters. The van der Waals surface area contributed by atoms with Gasteiger partial charge in [-0.1, -0.05) is 20.8 Å². The molecule has 0 radical (unpaired) electrons. The normalized spacial score (nSPS) is 21.6. The molecule has 100 valence electrons. The fourth-order valence-corrected chi connectivity index (χ4v) is 2.45. The highest BCUT2D eigenvalue weighted by molar-refractivity contribution is 5.76. The van der Waals surface area contributed by atoms with Crippen molar-refractivity contribution in [3.63, 3.8) is 0 Å². The fourth-order valence-electron chi connectivity index (χ4n) is 2.45. The number of rotatable bonds is 4. The van der Waals surface area contributed by atoms with Gasteiger partial charge in [-0.2, -0.15) is 0 Å². The Morgan fingerprint density at radius 3 is 2.65 bits per heavy atom. The first-order valence-corrected chi connectivity index (χ1v) is 6.93. The zero-order chi connectivity index (χ0) is 12.9. The molecule has 3 nitrogen and oxygen atoms in total. The predicted octanol–water partition coefficient (Wildman–Crippen LogP) is 2.54. The van der Waals surface area contributed by atoms with Crippen LogP contribution in [0.3, 0.4) is 0 Å². The second-order valence-corrected chi connectivity index (χ2v) is 6.37. The molecule has 17 heavy (non-hydrogen) atoms. The number of hydrogen-bond acceptors (Lipinski definition) is 2. The van der Waals surface area contributed by atoms with Crippen molar-refractivity contribution in [1.29, 1.82) is 0 Å². The summed E-state index contributed by atoms with van der Waals surface area (Å²) < 4.78 is 0. The predicted molar refractivity (Wildman–Crippen MR) is 71.7 cm³/mol. The molecule has 0 bridgehead atoms. The van der Waals surface area contributed by atoms with Crippen LogP contribution in [0.25, 0.3) is 0 Å². The zero-order valence-electron chi connectivity index (χ0n) is 11.7. The highest BCUT2D eigenvalue weighted by Gasteiger charge is 2.26. The van der Waals surface area contributed by atoms with Gasteiger partial charge >= 0.3 is 0 Å². The molecule has 0 aromatic rings. The Balaban J connectivity index is 2.47. The van der Waals surface area contributed by atoms with Crippen LogP contribution in [-0.2, 0) is 4.79 Å². The Kier molecular flexibility index (Phi) is 5.44. The van der Waals surface area contributed by atoms with Crippen LogP contribution in [0.4, 0.5) is 0 Å². The highest BCUT2D eigenvalue weighted by atomic mass is 16.2. The molecule has 0 saturated carbocycles. The van der Waals surface area contributed by atoms with Gasteiger partial charge in [-0.3, -0.25) is 4.79 Å². The van der Waals surface area contributed by atoms with Gasteiger partial charge in [0.15, 0.2) is 0 Å². The molecule has 1 aliphatic rings. The zero-order valence-corrected chi connectivity index (χ0v) is 11.7. The standard InChI is InChI=1S/C14H28N2O/c1-14(2,3)9-7-13(17)16-11-5-4-6-12(16)8-10-15/h12H,4-11,15H2,1-3H3. The molecule has 3 heteroatoms. The highest BCUT2D eigenvalue weighted by Crippen LogP contribution is 2.24. The smallest absolute Gasteiger partial charge is 0.222 e. The number of carbonyl (C=O) groups is 1. The Hall–Kier alpha value is -0.570. The number of piperidine rings is 1. The van der Waals surface area contributed by atoms with E-state index in [1.807, 2.05) is 0 Å². The maximum Gasteiger partial charge on any atom is 0.222 e. The summed E-state index contributed by atoms with van der Waals surface area (Å²) in [5.74, 6) is 0.332. The van der Waals surface area contributed by atoms with Crippen molar-refractivity contribution >= 4 is 5.91 Å². The molecular weight excluding hydrogens is 212 g/mol. The minimum Gasteiger partial charge on any atom is -0.340 e. The van der Waals surface area contributed by atoms with Crippen molar-refractivity contribution in [3.05, 3.63) is 0 Å². The van der Waals surface area contributed by atoms with Gasteiger partial charge in [0, 0.05) is 19.0 Å². The molecular formula is C14H28N2O. The molecule has 1 rings (SSSR count). The molecule has 1 aliphatic heterocycles. The monoisotopic (exact) mass is 240 g/mol. The lowest BCUT2D eigenvalue weighted by molar-refractivity contribution is -0.135. The third-order valence-corrected chi connectivity index (χ3v) is 3.54. The van der Waals surface area contributed by atoms with Crippen molar-refractivity contribution in [2.24, 2.45) is 11.1 Å². The Morgan fingerprint density at radius 2 is 2.06 bits per heavy atom. The number of hydrogen-bond donors (Lipinski definition) is 1. The van der Waals surface area contributed by atoms with Crippen LogP contribution in [0.15, 0.2) is 0 Å². The second kappa shape index (κ2) is 6.39. The largest absolute Gasteiger partial charge is 0.340 e. The number of nitrogens with zero attached hydrogens (tertiary/aromatic N) is 1. The first kappa shape index (κ1) is 14.5. The average molecular weight is 240 g/mol. The first-order valence-electron chi connectivity index (χ1n) is 6.93. The third-order valence-electron chi connectivity index (χ3n) is 3.54. The van der Waals surface area contributed by atoms with Crippen LogP contribution in [0.1, 0.15) is 59.3 Å². The minimum absolute atomic E-state index is 0.245. The van der Waals surface area contributed by atoms with Gasteiger partial charge in [0.05, 0.1) is 0 Å². The molecule has 1 unspecified atom stereocenters. The number of likely N-dealkylation sites (tertiary alicyclic amines) is 1. The summed E-state index contributed by atoms with van der Waals surface area (Å²) in [6.45, 7) is 8.19. The van der Waals surface area contributed by atoms with E-state index >= 15 is 0 Å². The molecule has 0 aromatic heterocycles. The molecule has 0 aromatic carbocycles. The summed E-state index contributed by atoms with van der Waals surface area (Å²) in [6.07, 6.45) is 6.15. The van der Waals surface area contributed by atoms with Gasteiger partial charge < -0.3 is 10.6 Å². The molecule has 1 amide bonds. The number of carbonyl (C=O) groups excluding carboxylic acids is 1. The summed E-state index contributed by atoms with van der Waals surface area (Å²) >= 11 is 0. The van der Waals surface area contributed by atoms with Crippen LogP contribution >= 0.6 is 0 Å². The van der Waals surface area contributed by atoms with Gasteiger partial charge in [0.1, 0.15) is 0 Å². The van der Waals surface area contributed by atoms with Crippen LogP contribution in [0.2, 0.25) is 0 Å². The number of amides is 1. The fraction of sp³-hybridized carbons (Fsp3) is 0.929. The summed E-state index contributed by atoms with van der Waals surface area (Å²) in [4.78, 5) is 14.3.